The molecule has 0 bridgehead atoms. The minimum Gasteiger partial charge on any atom is -0.262 e. The number of aryl methyl sites for hydroxylation is 2. The minimum absolute atomic E-state index is 1.09. The van der Waals surface area contributed by atoms with Gasteiger partial charge in [0.05, 0.1) is 0 Å². The number of hydrogen-bond acceptors (Lipinski definition) is 1. The van der Waals surface area contributed by atoms with Gasteiger partial charge in [-0.05, 0) is 31.5 Å². The van der Waals surface area contributed by atoms with Gasteiger partial charge in [-0.15, -0.1) is 13.2 Å². The highest BCUT2D eigenvalue weighted by Crippen LogP contribution is 1.95. The molecule has 0 aliphatic carbocycles. The topological polar surface area (TPSA) is 12.9 Å². The number of aromatic nitrogens is 1. The van der Waals surface area contributed by atoms with Gasteiger partial charge in [0.2, 0.25) is 0 Å². The molecule has 1 rings (SSSR count). The molecule has 1 heteroatoms. The molecular formula is C9H13N. The first-order valence-corrected chi connectivity index (χ1v) is 3.18. The normalized spacial score (nSPS) is 7.80. The molecule has 0 atom stereocenters. The summed E-state index contributed by atoms with van der Waals surface area (Å²) in [6, 6.07) is 4.05. The van der Waals surface area contributed by atoms with Crippen molar-refractivity contribution in [3.05, 3.63) is 42.7 Å². The fourth-order valence-electron chi connectivity index (χ4n) is 0.687. The Balaban J connectivity index is 0.000000371. The van der Waals surface area contributed by atoms with E-state index in [4.69, 9.17) is 0 Å². The van der Waals surface area contributed by atoms with Crippen molar-refractivity contribution in [2.75, 3.05) is 0 Å². The van der Waals surface area contributed by atoms with Crippen LogP contribution in [0.2, 0.25) is 0 Å². The smallest absolute Gasteiger partial charge is 0.0375 e. The van der Waals surface area contributed by atoms with Crippen LogP contribution in [0.3, 0.4) is 0 Å². The number of rotatable bonds is 0. The summed E-state index contributed by atoms with van der Waals surface area (Å²) in [6.07, 6.45) is 1.82. The van der Waals surface area contributed by atoms with Gasteiger partial charge in [0.1, 0.15) is 0 Å². The zero-order valence-corrected chi connectivity index (χ0v) is 6.59. The maximum absolute atomic E-state index is 4.04. The van der Waals surface area contributed by atoms with Crippen LogP contribution in [0.1, 0.15) is 11.3 Å². The van der Waals surface area contributed by atoms with Crippen LogP contribution in [0, 0.1) is 13.8 Å². The summed E-state index contributed by atoms with van der Waals surface area (Å²) in [4.78, 5) is 4.04. The summed E-state index contributed by atoms with van der Waals surface area (Å²) in [5.74, 6) is 0. The Morgan fingerprint density at radius 2 is 1.90 bits per heavy atom. The Labute approximate surface area is 62.4 Å². The van der Waals surface area contributed by atoms with E-state index in [0.29, 0.717) is 0 Å². The molecule has 0 aromatic carbocycles. The van der Waals surface area contributed by atoms with Crippen LogP contribution < -0.4 is 0 Å². The molecule has 1 nitrogen and oxygen atoms in total. The summed E-state index contributed by atoms with van der Waals surface area (Å²) in [5, 5.41) is 0. The zero-order valence-electron chi connectivity index (χ0n) is 6.59. The molecule has 1 aromatic heterocycles. The lowest BCUT2D eigenvalue weighted by Crippen LogP contribution is -1.78. The van der Waals surface area contributed by atoms with Crippen molar-refractivity contribution in [2.45, 2.75) is 13.8 Å². The Hall–Kier alpha value is -1.11. The first-order valence-electron chi connectivity index (χ1n) is 3.18. The first kappa shape index (κ1) is 8.89. The Kier molecular flexibility index (Phi) is 4.21. The fraction of sp³-hybridized carbons (Fsp3) is 0.222. The molecule has 0 fully saturated rings. The first-order chi connectivity index (χ1) is 4.79. The zero-order chi connectivity index (χ0) is 7.98. The maximum atomic E-state index is 4.04. The predicted octanol–water partition coefficient (Wildman–Crippen LogP) is 2.50. The van der Waals surface area contributed by atoms with Gasteiger partial charge in [-0.3, -0.25) is 4.98 Å². The molecule has 0 saturated heterocycles. The third kappa shape index (κ3) is 3.02. The van der Waals surface area contributed by atoms with Crippen LogP contribution in [-0.4, -0.2) is 4.98 Å². The molecule has 0 saturated carbocycles. The standard InChI is InChI=1S/C7H9N.C2H4/c1-6-3-4-8-7(2)5-6;1-2/h3-5H,1-2H3;1-2H2. The lowest BCUT2D eigenvalue weighted by Gasteiger charge is -1.90. The highest BCUT2D eigenvalue weighted by Gasteiger charge is 1.82. The lowest BCUT2D eigenvalue weighted by molar-refractivity contribution is 1.18. The molecule has 54 valence electrons. The third-order valence-corrected chi connectivity index (χ3v) is 1.05. The van der Waals surface area contributed by atoms with E-state index in [9.17, 15) is 0 Å². The summed E-state index contributed by atoms with van der Waals surface area (Å²) in [5.41, 5.74) is 2.36. The third-order valence-electron chi connectivity index (χ3n) is 1.05. The van der Waals surface area contributed by atoms with Crippen molar-refractivity contribution in [1.82, 2.24) is 4.98 Å². The van der Waals surface area contributed by atoms with E-state index in [1.54, 1.807) is 0 Å². The monoisotopic (exact) mass is 135 g/mol. The van der Waals surface area contributed by atoms with Crippen LogP contribution in [0.4, 0.5) is 0 Å². The Morgan fingerprint density at radius 1 is 1.30 bits per heavy atom. The number of hydrogen-bond donors (Lipinski definition) is 0. The number of pyridine rings is 1. The van der Waals surface area contributed by atoms with Crippen molar-refractivity contribution in [3.8, 4) is 0 Å². The summed E-state index contributed by atoms with van der Waals surface area (Å²) in [7, 11) is 0. The van der Waals surface area contributed by atoms with Crippen molar-refractivity contribution >= 4 is 0 Å². The Bertz CT molecular complexity index is 176. The SMILES string of the molecule is C=C.Cc1ccnc(C)c1. The average Bonchev–Trinajstić information content (AvgIpc) is 1.91. The van der Waals surface area contributed by atoms with Crippen molar-refractivity contribution in [1.29, 1.82) is 0 Å². The van der Waals surface area contributed by atoms with E-state index in [2.05, 4.69) is 31.1 Å². The molecule has 0 amide bonds. The molecule has 1 heterocycles. The van der Waals surface area contributed by atoms with Crippen molar-refractivity contribution in [3.63, 3.8) is 0 Å². The van der Waals surface area contributed by atoms with Gasteiger partial charge >= 0.3 is 0 Å². The van der Waals surface area contributed by atoms with Gasteiger partial charge < -0.3 is 0 Å². The lowest BCUT2D eigenvalue weighted by atomic mass is 10.3. The molecule has 10 heavy (non-hydrogen) atoms. The van der Waals surface area contributed by atoms with Gasteiger partial charge in [-0.2, -0.15) is 0 Å². The van der Waals surface area contributed by atoms with Crippen LogP contribution in [-0.2, 0) is 0 Å². The van der Waals surface area contributed by atoms with E-state index < -0.39 is 0 Å². The molecule has 0 radical (unpaired) electrons. The van der Waals surface area contributed by atoms with Crippen LogP contribution in [0.5, 0.6) is 0 Å². The average molecular weight is 135 g/mol. The highest BCUT2D eigenvalue weighted by molar-refractivity contribution is 5.12. The van der Waals surface area contributed by atoms with Gasteiger partial charge in [-0.1, -0.05) is 0 Å². The number of nitrogens with zero attached hydrogens (tertiary/aromatic N) is 1. The minimum atomic E-state index is 1.09. The molecule has 0 unspecified atom stereocenters. The van der Waals surface area contributed by atoms with Gasteiger partial charge in [0.15, 0.2) is 0 Å². The quantitative estimate of drug-likeness (QED) is 0.498. The highest BCUT2D eigenvalue weighted by atomic mass is 14.6. The van der Waals surface area contributed by atoms with Crippen LogP contribution in [0.15, 0.2) is 31.5 Å². The second-order valence-corrected chi connectivity index (χ2v) is 1.97. The maximum Gasteiger partial charge on any atom is 0.0375 e. The molecule has 1 aromatic rings. The summed E-state index contributed by atoms with van der Waals surface area (Å²) in [6.45, 7) is 10.1. The van der Waals surface area contributed by atoms with Crippen molar-refractivity contribution in [2.24, 2.45) is 0 Å². The van der Waals surface area contributed by atoms with Gasteiger partial charge in [0, 0.05) is 11.9 Å². The predicted molar refractivity (Wildman–Crippen MR) is 45.0 cm³/mol. The van der Waals surface area contributed by atoms with Crippen LogP contribution in [0.25, 0.3) is 0 Å². The largest absolute Gasteiger partial charge is 0.262 e. The van der Waals surface area contributed by atoms with Crippen molar-refractivity contribution < 1.29 is 0 Å². The fourth-order valence-corrected chi connectivity index (χ4v) is 0.687. The van der Waals surface area contributed by atoms with Crippen LogP contribution >= 0.6 is 0 Å². The second kappa shape index (κ2) is 4.74. The molecular weight excluding hydrogens is 122 g/mol. The second-order valence-electron chi connectivity index (χ2n) is 1.97. The van der Waals surface area contributed by atoms with E-state index in [0.717, 1.165) is 5.69 Å². The Morgan fingerprint density at radius 3 is 2.20 bits per heavy atom. The van der Waals surface area contributed by atoms with E-state index >= 15 is 0 Å². The van der Waals surface area contributed by atoms with E-state index in [1.165, 1.54) is 5.56 Å². The van der Waals surface area contributed by atoms with Gasteiger partial charge in [0.25, 0.3) is 0 Å². The molecule has 0 N–H and O–H groups in total. The summed E-state index contributed by atoms with van der Waals surface area (Å²) >= 11 is 0. The van der Waals surface area contributed by atoms with E-state index in [-0.39, 0.29) is 0 Å². The molecule has 0 aliphatic rings. The molecule has 0 aliphatic heterocycles. The van der Waals surface area contributed by atoms with E-state index in [1.807, 2.05) is 19.2 Å². The van der Waals surface area contributed by atoms with Gasteiger partial charge in [-0.25, -0.2) is 0 Å². The molecule has 0 spiro atoms. The summed E-state index contributed by atoms with van der Waals surface area (Å²) < 4.78 is 0.